The van der Waals surface area contributed by atoms with E-state index in [0.717, 1.165) is 13.1 Å². The van der Waals surface area contributed by atoms with E-state index in [2.05, 4.69) is 62.2 Å². The number of rotatable bonds is 5. The molecule has 1 aliphatic heterocycles. The Kier molecular flexibility index (Phi) is 5.62. The highest BCUT2D eigenvalue weighted by Gasteiger charge is 2.23. The second-order valence-corrected chi connectivity index (χ2v) is 6.70. The molecule has 2 heteroatoms. The van der Waals surface area contributed by atoms with Gasteiger partial charge in [0, 0.05) is 32.2 Å². The third kappa shape index (κ3) is 4.07. The predicted octanol–water partition coefficient (Wildman–Crippen LogP) is 3.28. The smallest absolute Gasteiger partial charge is 0.0160 e. The summed E-state index contributed by atoms with van der Waals surface area (Å²) in [5.74, 6) is 1.33. The lowest BCUT2D eigenvalue weighted by atomic mass is 9.93. The molecule has 1 heterocycles. The summed E-state index contributed by atoms with van der Waals surface area (Å²) in [5, 5.41) is 3.45. The molecular formula is C18H30N2. The summed E-state index contributed by atoms with van der Waals surface area (Å²) in [6.07, 6.45) is 1.18. The minimum Gasteiger partial charge on any atom is -0.314 e. The number of hydrogen-bond acceptors (Lipinski definition) is 2. The molecule has 2 rings (SSSR count). The van der Waals surface area contributed by atoms with Gasteiger partial charge in [-0.1, -0.05) is 52.0 Å². The molecule has 0 amide bonds. The molecule has 0 saturated carbocycles. The van der Waals surface area contributed by atoms with Gasteiger partial charge in [-0.3, -0.25) is 4.90 Å². The quantitative estimate of drug-likeness (QED) is 0.886. The zero-order valence-corrected chi connectivity index (χ0v) is 13.5. The lowest BCUT2D eigenvalue weighted by molar-refractivity contribution is 0.136. The number of hydrogen-bond donors (Lipinski definition) is 1. The average Bonchev–Trinajstić information content (AvgIpc) is 2.46. The van der Waals surface area contributed by atoms with E-state index >= 15 is 0 Å². The van der Waals surface area contributed by atoms with Crippen LogP contribution >= 0.6 is 0 Å². The van der Waals surface area contributed by atoms with Crippen molar-refractivity contribution in [2.24, 2.45) is 5.92 Å². The van der Waals surface area contributed by atoms with Crippen LogP contribution in [0.3, 0.4) is 0 Å². The fourth-order valence-corrected chi connectivity index (χ4v) is 3.08. The Hall–Kier alpha value is -0.860. The van der Waals surface area contributed by atoms with Crippen LogP contribution in [0.15, 0.2) is 24.3 Å². The molecule has 0 bridgehead atoms. The first-order valence-corrected chi connectivity index (χ1v) is 8.11. The maximum atomic E-state index is 3.45. The first-order chi connectivity index (χ1) is 9.58. The predicted molar refractivity (Wildman–Crippen MR) is 87.3 cm³/mol. The first-order valence-electron chi connectivity index (χ1n) is 8.11. The molecule has 1 unspecified atom stereocenters. The van der Waals surface area contributed by atoms with Crippen LogP contribution in [0.4, 0.5) is 0 Å². The van der Waals surface area contributed by atoms with Crippen molar-refractivity contribution < 1.29 is 0 Å². The van der Waals surface area contributed by atoms with E-state index in [4.69, 9.17) is 0 Å². The van der Waals surface area contributed by atoms with Crippen molar-refractivity contribution in [2.45, 2.75) is 46.1 Å². The molecule has 1 aromatic carbocycles. The average molecular weight is 274 g/mol. The molecule has 1 fully saturated rings. The summed E-state index contributed by atoms with van der Waals surface area (Å²) in [5.41, 5.74) is 2.92. The van der Waals surface area contributed by atoms with Crippen LogP contribution in [-0.4, -0.2) is 37.1 Å². The molecule has 2 nitrogen and oxygen atoms in total. The molecule has 112 valence electrons. The summed E-state index contributed by atoms with van der Waals surface area (Å²) in [4.78, 5) is 2.66. The third-order valence-corrected chi connectivity index (χ3v) is 4.48. The van der Waals surface area contributed by atoms with Crippen molar-refractivity contribution in [3.63, 3.8) is 0 Å². The van der Waals surface area contributed by atoms with Crippen LogP contribution < -0.4 is 5.32 Å². The molecule has 20 heavy (non-hydrogen) atoms. The molecule has 0 spiro atoms. The van der Waals surface area contributed by atoms with E-state index < -0.39 is 0 Å². The zero-order chi connectivity index (χ0) is 14.5. The summed E-state index contributed by atoms with van der Waals surface area (Å²) in [7, 11) is 0. The maximum absolute atomic E-state index is 3.45. The van der Waals surface area contributed by atoms with Crippen LogP contribution in [0.1, 0.15) is 44.7 Å². The highest BCUT2D eigenvalue weighted by Crippen LogP contribution is 2.20. The van der Waals surface area contributed by atoms with Gasteiger partial charge >= 0.3 is 0 Å². The highest BCUT2D eigenvalue weighted by atomic mass is 15.2. The van der Waals surface area contributed by atoms with E-state index in [9.17, 15) is 0 Å². The van der Waals surface area contributed by atoms with Gasteiger partial charge in [0.25, 0.3) is 0 Å². The lowest BCUT2D eigenvalue weighted by Gasteiger charge is -2.37. The van der Waals surface area contributed by atoms with Gasteiger partial charge in [-0.15, -0.1) is 0 Å². The van der Waals surface area contributed by atoms with Crippen molar-refractivity contribution >= 4 is 0 Å². The van der Waals surface area contributed by atoms with Crippen molar-refractivity contribution in [1.29, 1.82) is 0 Å². The molecule has 0 aromatic heterocycles. The van der Waals surface area contributed by atoms with Crippen LogP contribution in [0.2, 0.25) is 0 Å². The molecule has 1 N–H and O–H groups in total. The minimum atomic E-state index is 0.623. The van der Waals surface area contributed by atoms with E-state index in [1.54, 1.807) is 0 Å². The van der Waals surface area contributed by atoms with Crippen LogP contribution in [0.25, 0.3) is 0 Å². The second-order valence-electron chi connectivity index (χ2n) is 6.70. The van der Waals surface area contributed by atoms with Crippen molar-refractivity contribution in [3.05, 3.63) is 35.4 Å². The first kappa shape index (κ1) is 15.5. The topological polar surface area (TPSA) is 15.3 Å². The van der Waals surface area contributed by atoms with Gasteiger partial charge in [-0.2, -0.15) is 0 Å². The fraction of sp³-hybridized carbons (Fsp3) is 0.667. The molecule has 1 atom stereocenters. The van der Waals surface area contributed by atoms with E-state index in [-0.39, 0.29) is 0 Å². The maximum Gasteiger partial charge on any atom is 0.0160 e. The summed E-state index contributed by atoms with van der Waals surface area (Å²) >= 11 is 0. The Bertz CT molecular complexity index is 388. The van der Waals surface area contributed by atoms with Crippen molar-refractivity contribution in [3.8, 4) is 0 Å². The standard InChI is InChI=1S/C18H30N2/c1-14(2)17-7-5-16(6-8-17)13-18(15(3)4)20-11-9-19-10-12-20/h5-8,14-15,18-19H,9-13H2,1-4H3. The van der Waals surface area contributed by atoms with Gasteiger partial charge in [0.2, 0.25) is 0 Å². The molecule has 1 saturated heterocycles. The summed E-state index contributed by atoms with van der Waals surface area (Å²) < 4.78 is 0. The lowest BCUT2D eigenvalue weighted by Crippen LogP contribution is -2.50. The Morgan fingerprint density at radius 3 is 2.10 bits per heavy atom. The van der Waals surface area contributed by atoms with E-state index in [1.165, 1.54) is 30.6 Å². The third-order valence-electron chi connectivity index (χ3n) is 4.48. The number of piperazine rings is 1. The van der Waals surface area contributed by atoms with Gasteiger partial charge in [-0.25, -0.2) is 0 Å². The van der Waals surface area contributed by atoms with E-state index in [0.29, 0.717) is 17.9 Å². The largest absolute Gasteiger partial charge is 0.314 e. The monoisotopic (exact) mass is 274 g/mol. The Morgan fingerprint density at radius 2 is 1.60 bits per heavy atom. The van der Waals surface area contributed by atoms with Crippen LogP contribution in [0, 0.1) is 5.92 Å². The van der Waals surface area contributed by atoms with Gasteiger partial charge in [0.05, 0.1) is 0 Å². The van der Waals surface area contributed by atoms with E-state index in [1.807, 2.05) is 0 Å². The number of nitrogens with one attached hydrogen (secondary N) is 1. The molecule has 1 aromatic rings. The summed E-state index contributed by atoms with van der Waals surface area (Å²) in [6, 6.07) is 9.92. The second kappa shape index (κ2) is 7.24. The van der Waals surface area contributed by atoms with Crippen molar-refractivity contribution in [2.75, 3.05) is 26.2 Å². The van der Waals surface area contributed by atoms with Gasteiger partial charge < -0.3 is 5.32 Å². The van der Waals surface area contributed by atoms with Crippen LogP contribution in [0.5, 0.6) is 0 Å². The van der Waals surface area contributed by atoms with Gasteiger partial charge in [0.1, 0.15) is 0 Å². The molecule has 0 radical (unpaired) electrons. The molecule has 0 aliphatic carbocycles. The fourth-order valence-electron chi connectivity index (χ4n) is 3.08. The SMILES string of the molecule is CC(C)c1ccc(CC(C(C)C)N2CCNCC2)cc1. The van der Waals surface area contributed by atoms with Gasteiger partial charge in [-0.05, 0) is 29.4 Å². The number of nitrogens with zero attached hydrogens (tertiary/aromatic N) is 1. The Balaban J connectivity index is 2.03. The Labute approximate surface area is 124 Å². The van der Waals surface area contributed by atoms with Crippen LogP contribution in [-0.2, 0) is 6.42 Å². The highest BCUT2D eigenvalue weighted by molar-refractivity contribution is 5.25. The van der Waals surface area contributed by atoms with Crippen molar-refractivity contribution in [1.82, 2.24) is 10.2 Å². The molecule has 1 aliphatic rings. The Morgan fingerprint density at radius 1 is 1.00 bits per heavy atom. The summed E-state index contributed by atoms with van der Waals surface area (Å²) in [6.45, 7) is 13.9. The normalized spacial score (nSPS) is 18.7. The molecular weight excluding hydrogens is 244 g/mol. The van der Waals surface area contributed by atoms with Gasteiger partial charge in [0.15, 0.2) is 0 Å². The number of benzene rings is 1. The zero-order valence-electron chi connectivity index (χ0n) is 13.5. The minimum absolute atomic E-state index is 0.623.